The first-order valence-electron chi connectivity index (χ1n) is 8.85. The number of fused-ring (bicyclic) bond motifs is 3. The average Bonchev–Trinajstić information content (AvgIpc) is 3.02. The van der Waals surface area contributed by atoms with Crippen molar-refractivity contribution in [2.75, 3.05) is 0 Å². The van der Waals surface area contributed by atoms with E-state index >= 15 is 0 Å². The summed E-state index contributed by atoms with van der Waals surface area (Å²) in [5, 5.41) is 2.50. The Bertz CT molecular complexity index is 1270. The Labute approximate surface area is 172 Å². The van der Waals surface area contributed by atoms with Crippen molar-refractivity contribution < 1.29 is 0 Å². The number of benzene rings is 3. The van der Waals surface area contributed by atoms with Gasteiger partial charge in [0.1, 0.15) is 0 Å². The van der Waals surface area contributed by atoms with Crippen molar-refractivity contribution in [2.24, 2.45) is 0 Å². The Hall–Kier alpha value is -2.58. The monoisotopic (exact) mass is 543 g/mol. The van der Waals surface area contributed by atoms with Crippen LogP contribution in [-0.2, 0) is 0 Å². The van der Waals surface area contributed by atoms with Crippen LogP contribution in [0, 0.1) is 6.92 Å². The topological polar surface area (TPSA) is 30.7 Å². The Balaban J connectivity index is 1.97. The number of para-hydroxylation sites is 3. The second kappa shape index (κ2) is 6.54. The molecule has 0 unspecified atom stereocenters. The summed E-state index contributed by atoms with van der Waals surface area (Å²) in [5.41, 5.74) is 5.70. The van der Waals surface area contributed by atoms with Gasteiger partial charge in [0, 0.05) is 0 Å². The van der Waals surface area contributed by atoms with Crippen LogP contribution < -0.4 is 3.40 Å². The molecule has 5 rings (SSSR count). The molecule has 128 valence electrons. The number of aromatic nitrogens is 3. The van der Waals surface area contributed by atoms with Crippen molar-refractivity contribution in [3.8, 4) is 16.9 Å². The zero-order valence-electron chi connectivity index (χ0n) is 14.8. The molecule has 0 aliphatic carbocycles. The van der Waals surface area contributed by atoms with Crippen LogP contribution in [0.5, 0.6) is 0 Å². The third-order valence-electron chi connectivity index (χ3n) is 4.81. The number of rotatable bonds is 2. The molecular formula is C23H16BiN3. The van der Waals surface area contributed by atoms with Gasteiger partial charge in [0.15, 0.2) is 0 Å². The molecule has 0 saturated heterocycles. The molecule has 0 amide bonds. The summed E-state index contributed by atoms with van der Waals surface area (Å²) >= 11 is 1.13. The van der Waals surface area contributed by atoms with Crippen molar-refractivity contribution in [1.29, 1.82) is 0 Å². The van der Waals surface area contributed by atoms with Gasteiger partial charge in [-0.1, -0.05) is 0 Å². The molecule has 0 N–H and O–H groups in total. The standard InChI is InChI=1S/C23H16N3.Bi/c1-16-24-15-14-21(25-16)20-12-7-11-19-18-10-5-6-13-22(18)26(23(19)20)17-8-3-2-4-9-17;/h2-14H,1H3;. The van der Waals surface area contributed by atoms with Gasteiger partial charge in [0.2, 0.25) is 0 Å². The van der Waals surface area contributed by atoms with Crippen molar-refractivity contribution in [3.63, 3.8) is 0 Å². The summed E-state index contributed by atoms with van der Waals surface area (Å²) in [4.78, 5) is 9.25. The fourth-order valence-corrected chi connectivity index (χ4v) is 4.80. The van der Waals surface area contributed by atoms with E-state index in [-0.39, 0.29) is 0 Å². The first-order chi connectivity index (χ1) is 13.2. The van der Waals surface area contributed by atoms with Crippen LogP contribution in [0.4, 0.5) is 0 Å². The number of nitrogens with zero attached hydrogens (tertiary/aromatic N) is 3. The van der Waals surface area contributed by atoms with Crippen molar-refractivity contribution in [1.82, 2.24) is 14.5 Å². The van der Waals surface area contributed by atoms with Crippen LogP contribution in [0.15, 0.2) is 78.9 Å². The minimum absolute atomic E-state index is 0.823. The van der Waals surface area contributed by atoms with Crippen molar-refractivity contribution >= 4 is 49.9 Å². The van der Waals surface area contributed by atoms with Gasteiger partial charge in [-0.15, -0.1) is 0 Å². The molecule has 0 fully saturated rings. The van der Waals surface area contributed by atoms with Crippen molar-refractivity contribution in [3.05, 3.63) is 84.7 Å². The molecule has 27 heavy (non-hydrogen) atoms. The molecule has 2 aromatic heterocycles. The molecule has 5 aromatic rings. The predicted molar refractivity (Wildman–Crippen MR) is 112 cm³/mol. The quantitative estimate of drug-likeness (QED) is 0.311. The van der Waals surface area contributed by atoms with Gasteiger partial charge in [-0.25, -0.2) is 0 Å². The summed E-state index contributed by atoms with van der Waals surface area (Å²) in [6, 6.07) is 27.7. The summed E-state index contributed by atoms with van der Waals surface area (Å²) in [7, 11) is 0. The fraction of sp³-hybridized carbons (Fsp3) is 0.0435. The van der Waals surface area contributed by atoms with Gasteiger partial charge < -0.3 is 0 Å². The molecule has 0 atom stereocenters. The summed E-state index contributed by atoms with van der Waals surface area (Å²) in [6.45, 7) is 1.97. The third-order valence-corrected chi connectivity index (χ3v) is 5.70. The molecule has 0 aliphatic rings. The van der Waals surface area contributed by atoms with Crippen LogP contribution in [0.25, 0.3) is 38.8 Å². The molecule has 0 aliphatic heterocycles. The van der Waals surface area contributed by atoms with Gasteiger partial charge in [0.25, 0.3) is 0 Å². The van der Waals surface area contributed by atoms with Crippen LogP contribution in [0.1, 0.15) is 5.82 Å². The Morgan fingerprint density at radius 2 is 1.52 bits per heavy atom. The first kappa shape index (κ1) is 16.6. The van der Waals surface area contributed by atoms with Gasteiger partial charge in [-0.05, 0) is 0 Å². The van der Waals surface area contributed by atoms with Gasteiger partial charge in [0.05, 0.1) is 0 Å². The van der Waals surface area contributed by atoms with E-state index in [1.54, 1.807) is 0 Å². The number of aryl methyl sites for hydroxylation is 1. The van der Waals surface area contributed by atoms with E-state index in [1.807, 2.05) is 6.92 Å². The number of hydrogen-bond donors (Lipinski definition) is 0. The average molecular weight is 543 g/mol. The van der Waals surface area contributed by atoms with Crippen LogP contribution in [-0.4, -0.2) is 39.3 Å². The Kier molecular flexibility index (Phi) is 4.02. The van der Waals surface area contributed by atoms with E-state index < -0.39 is 0 Å². The molecule has 3 aromatic carbocycles. The van der Waals surface area contributed by atoms with Crippen molar-refractivity contribution in [2.45, 2.75) is 6.92 Å². The van der Waals surface area contributed by atoms with Crippen LogP contribution in [0.3, 0.4) is 0 Å². The molecule has 0 bridgehead atoms. The fourth-order valence-electron chi connectivity index (χ4n) is 3.76. The maximum atomic E-state index is 4.75. The second-order valence-corrected chi connectivity index (χ2v) is 8.33. The Morgan fingerprint density at radius 3 is 2.33 bits per heavy atom. The van der Waals surface area contributed by atoms with E-state index in [0.717, 1.165) is 50.9 Å². The summed E-state index contributed by atoms with van der Waals surface area (Å²) in [5.74, 6) is 0.823. The van der Waals surface area contributed by atoms with E-state index in [1.165, 1.54) is 21.8 Å². The maximum absolute atomic E-state index is 4.75. The third kappa shape index (κ3) is 2.76. The van der Waals surface area contributed by atoms with E-state index in [9.17, 15) is 0 Å². The molecule has 0 saturated carbocycles. The van der Waals surface area contributed by atoms with Gasteiger partial charge >= 0.3 is 173 Å². The van der Waals surface area contributed by atoms with E-state index in [2.05, 4.69) is 88.4 Å². The predicted octanol–water partition coefficient (Wildman–Crippen LogP) is 4.34. The summed E-state index contributed by atoms with van der Waals surface area (Å²) in [6.07, 6.45) is 0. The molecule has 2 radical (unpaired) electrons. The zero-order valence-corrected chi connectivity index (χ0v) is 18.3. The van der Waals surface area contributed by atoms with Gasteiger partial charge in [-0.2, -0.15) is 0 Å². The van der Waals surface area contributed by atoms with E-state index in [4.69, 9.17) is 4.98 Å². The molecular weight excluding hydrogens is 527 g/mol. The van der Waals surface area contributed by atoms with Crippen LogP contribution in [0.2, 0.25) is 0 Å². The normalized spacial score (nSPS) is 11.3. The van der Waals surface area contributed by atoms with E-state index in [0.29, 0.717) is 0 Å². The SMILES string of the molecule is Cc1n[c]([Bi])cc(-c2cccc3c4ccccc4n(-c4ccccc4)c23)n1. The number of hydrogen-bond acceptors (Lipinski definition) is 2. The molecule has 3 nitrogen and oxygen atoms in total. The minimum atomic E-state index is 0.823. The molecule has 0 spiro atoms. The first-order valence-corrected chi connectivity index (χ1v) is 10.6. The van der Waals surface area contributed by atoms with Gasteiger partial charge in [-0.3, -0.25) is 0 Å². The Morgan fingerprint density at radius 1 is 0.778 bits per heavy atom. The van der Waals surface area contributed by atoms with Crippen LogP contribution >= 0.6 is 0 Å². The zero-order chi connectivity index (χ0) is 18.4. The molecule has 4 heteroatoms. The molecule has 2 heterocycles. The summed E-state index contributed by atoms with van der Waals surface area (Å²) < 4.78 is 3.44. The second-order valence-electron chi connectivity index (χ2n) is 6.55.